The number of fused-ring (bicyclic) bond motifs is 4. The van der Waals surface area contributed by atoms with Gasteiger partial charge in [-0.3, -0.25) is 86.9 Å². The summed E-state index contributed by atoms with van der Waals surface area (Å²) in [6.45, 7) is 6.03. The minimum absolute atomic E-state index is 0.0125. The van der Waals surface area contributed by atoms with Crippen molar-refractivity contribution in [1.82, 2.24) is 103 Å². The number of imidazole rings is 1. The van der Waals surface area contributed by atoms with Crippen LogP contribution in [0.1, 0.15) is 158 Å². The van der Waals surface area contributed by atoms with Gasteiger partial charge in [0.1, 0.15) is 84.1 Å². The van der Waals surface area contributed by atoms with E-state index in [-0.39, 0.29) is 102 Å². The zero-order valence-electron chi connectivity index (χ0n) is 78.6. The number of aliphatic hydroxyl groups excluding tert-OH is 2. The van der Waals surface area contributed by atoms with Gasteiger partial charge in [0.2, 0.25) is 100 Å². The Hall–Kier alpha value is -14.0. The number of aromatic nitrogens is 4. The molecular weight excluding hydrogens is 1800 g/mol. The van der Waals surface area contributed by atoms with Crippen LogP contribution in [0.4, 0.5) is 0 Å². The average Bonchev–Trinajstić information content (AvgIpc) is 1.55. The molecule has 138 heavy (non-hydrogen) atoms. The molecule has 45 heteroatoms. The largest absolute Gasteiger partial charge is 0.394 e. The summed E-state index contributed by atoms with van der Waals surface area (Å²) in [5, 5.41) is 71.1. The van der Waals surface area contributed by atoms with E-state index in [1.165, 1.54) is 64.9 Å². The fourth-order valence-electron chi connectivity index (χ4n) is 17.7. The van der Waals surface area contributed by atoms with Gasteiger partial charge in [-0.15, -0.1) is 11.8 Å². The molecular formula is C93H127N25O19S. The zero-order chi connectivity index (χ0) is 101. The summed E-state index contributed by atoms with van der Waals surface area (Å²) in [5.41, 5.74) is 18.2. The van der Waals surface area contributed by atoms with Crippen LogP contribution in [0, 0.1) is 22.7 Å². The van der Waals surface area contributed by atoms with Gasteiger partial charge in [0.25, 0.3) is 0 Å². The third kappa shape index (κ3) is 27.5. The lowest BCUT2D eigenvalue weighted by molar-refractivity contribution is -0.149. The molecule has 3 aromatic carbocycles. The number of guanidine groups is 1. The highest BCUT2D eigenvalue weighted by atomic mass is 32.2. The van der Waals surface area contributed by atoms with Crippen molar-refractivity contribution in [3.05, 3.63) is 126 Å². The van der Waals surface area contributed by atoms with Gasteiger partial charge in [0.15, 0.2) is 5.96 Å². The number of unbranched alkanes of at least 4 members (excludes halogenated alkanes) is 2. The van der Waals surface area contributed by atoms with Gasteiger partial charge >= 0.3 is 0 Å². The Morgan fingerprint density at radius 2 is 1.22 bits per heavy atom. The molecule has 4 fully saturated rings. The number of likely N-dealkylation sites (N-methyl/N-ethyl adjacent to an activating group) is 3. The number of nitrogens with zero attached hydrogens (tertiary/aromatic N) is 7. The average molecular weight is 1930 g/mol. The van der Waals surface area contributed by atoms with Crippen molar-refractivity contribution >= 4 is 140 Å². The van der Waals surface area contributed by atoms with Crippen molar-refractivity contribution in [2.75, 3.05) is 65.4 Å². The van der Waals surface area contributed by atoms with Gasteiger partial charge in [0.05, 0.1) is 49.4 Å². The Morgan fingerprint density at radius 3 is 1.88 bits per heavy atom. The molecule has 16 atom stereocenters. The molecule has 3 saturated heterocycles. The first-order valence-corrected chi connectivity index (χ1v) is 47.5. The summed E-state index contributed by atoms with van der Waals surface area (Å²) < 4.78 is 0. The van der Waals surface area contributed by atoms with E-state index in [0.29, 0.717) is 69.9 Å². The van der Waals surface area contributed by atoms with Gasteiger partial charge in [-0.25, -0.2) is 4.98 Å². The van der Waals surface area contributed by atoms with E-state index in [2.05, 4.69) is 78.4 Å². The third-order valence-corrected chi connectivity index (χ3v) is 26.5. The van der Waals surface area contributed by atoms with Gasteiger partial charge < -0.3 is 125 Å². The van der Waals surface area contributed by atoms with Crippen LogP contribution in [0.15, 0.2) is 97.7 Å². The van der Waals surface area contributed by atoms with Crippen LogP contribution in [-0.2, 0) is 101 Å². The summed E-state index contributed by atoms with van der Waals surface area (Å²) in [6, 6.07) is 1.88. The predicted molar refractivity (Wildman–Crippen MR) is 505 cm³/mol. The highest BCUT2D eigenvalue weighted by Crippen LogP contribution is 2.54. The number of benzene rings is 3. The van der Waals surface area contributed by atoms with Crippen LogP contribution in [-0.4, -0.2) is 317 Å². The number of primary amides is 2. The molecule has 4 aliphatic rings. The second-order valence-corrected chi connectivity index (χ2v) is 37.0. The number of carbonyl (C=O) groups is 17. The maximum absolute atomic E-state index is 15.8. The van der Waals surface area contributed by atoms with Gasteiger partial charge in [0, 0.05) is 124 Å². The van der Waals surface area contributed by atoms with E-state index in [9.17, 15) is 53.8 Å². The standard InChI is InChI=1S/C93H127N25O19S/c1-9-11-24-71-83(129)106-63(23-17-31-100-92(97)98)80(126)111-70(79(125)103-44-76(96)122)47-138-48-77(123)105-66(34-52-27-29-53(40-94)30-28-52)86(132)114(6)51(5)78(124)108-68(38-75(95)121)88(134)117-32-18-26-72(117)84(130)107-64(36-55-42-99-49-104-55)81(127)109-65(33-50(3)4)89(135)118-45-56(120)37-74(118)85(131)113-93(39-60(93)59-43-102-62-22-16-14-20-58(59)62)91(137)112-69(46-119)82(128)110-67(35-54-41-101-61-21-15-13-19-57(54)61)87(133)116(8)73(25-12-10-2)90(136)115(71)7/h13-16,19-22,27-30,41-43,49-51,56,60,63-74,101-102,119-120H,9-12,17-18,23-26,31-39,44-48H2,1-8H3,(H2,95,121)(H2,96,122)(H,99,104)(H,103,125)(H,105,123)(H,106,129)(H,107,130)(H,108,124)(H,109,127)(H,110,128)(H,111,126)(H,112,137)(H,113,131)(H4,97,98,100)/t51-,56+,60-,63-,64-,65-,66-,67-,68-,69-,70-,71-,72-,73-,74?,93?/m0/s1. The molecule has 17 amide bonds. The Morgan fingerprint density at radius 1 is 0.616 bits per heavy atom. The normalized spacial score (nSPS) is 25.8. The van der Waals surface area contributed by atoms with Gasteiger partial charge in [-0.05, 0) is 105 Å². The lowest BCUT2D eigenvalue weighted by Crippen LogP contribution is -2.62. The quantitative estimate of drug-likeness (QED) is 0.0161. The molecule has 1 saturated carbocycles. The van der Waals surface area contributed by atoms with Crippen molar-refractivity contribution in [2.24, 2.45) is 23.1 Å². The molecule has 44 nitrogen and oxygen atoms in total. The monoisotopic (exact) mass is 1930 g/mol. The van der Waals surface area contributed by atoms with E-state index in [1.54, 1.807) is 74.8 Å². The summed E-state index contributed by atoms with van der Waals surface area (Å²) in [5.74, 6) is -18.7. The molecule has 1 spiro atoms. The number of H-pyrrole nitrogens is 3. The summed E-state index contributed by atoms with van der Waals surface area (Å²) in [6.07, 6.45) is 3.88. The number of nitrogens with two attached hydrogens (primary N) is 3. The lowest BCUT2D eigenvalue weighted by Gasteiger charge is -2.36. The Labute approximate surface area is 801 Å². The zero-order valence-corrected chi connectivity index (χ0v) is 79.4. The molecule has 3 aliphatic heterocycles. The second-order valence-electron chi connectivity index (χ2n) is 36.0. The maximum atomic E-state index is 15.8. The number of aliphatic hydroxyl groups is 2. The SMILES string of the molecule is CCCC[C@H]1C(=O)N(C)[C@@H](CCCC)C(=O)N[C@@H](CCCNC(=N)N)C(=O)N[C@H](C(=O)NCC(N)=O)CSCC(=O)N[C@@H](Cc2ccc(C#N)cc2)C(=O)N(C)[C@@H](C)C(=O)N[C@@H](CC(N)=O)C(=O)N2CCC[C@H]2C(=O)N[C@@H](Cc2cnc[nH]2)C(=O)N[C@@H](CC(C)C)C(=O)N2C[C@H](O)CC2C(=O)NC2(C[C@H]2c2c[nH]c3ccccc23)C(=O)N[C@@H](CO)C(=O)N[C@@H](Cc2c[nH]c3ccccc23)C(=O)N1C. The van der Waals surface area contributed by atoms with Gasteiger partial charge in [-0.2, -0.15) is 5.26 Å². The number of nitrogens with one attached hydrogen (secondary N) is 15. The number of aromatic amines is 3. The third-order valence-electron chi connectivity index (χ3n) is 25.4. The molecule has 744 valence electrons. The number of nitriles is 1. The Bertz CT molecular complexity index is 5470. The highest BCUT2D eigenvalue weighted by Gasteiger charge is 2.64. The van der Waals surface area contributed by atoms with E-state index >= 15 is 43.2 Å². The van der Waals surface area contributed by atoms with E-state index < -0.39 is 240 Å². The van der Waals surface area contributed by atoms with E-state index in [4.69, 9.17) is 22.6 Å². The summed E-state index contributed by atoms with van der Waals surface area (Å²) >= 11 is 0.761. The lowest BCUT2D eigenvalue weighted by atomic mass is 10.00. The van der Waals surface area contributed by atoms with E-state index in [1.807, 2.05) is 19.9 Å². The van der Waals surface area contributed by atoms with Crippen molar-refractivity contribution in [3.8, 4) is 6.07 Å². The Kier molecular flexibility index (Phi) is 37.7. The van der Waals surface area contributed by atoms with Crippen molar-refractivity contribution < 1.29 is 91.7 Å². The van der Waals surface area contributed by atoms with Crippen LogP contribution in [0.3, 0.4) is 0 Å². The second kappa shape index (κ2) is 49.1. The van der Waals surface area contributed by atoms with Crippen molar-refractivity contribution in [2.45, 2.75) is 240 Å². The molecule has 1 aliphatic carbocycles. The number of amides is 17. The molecule has 23 N–H and O–H groups in total. The number of rotatable bonds is 25. The number of thioether (sulfide) groups is 1. The minimum atomic E-state index is -1.98. The first-order chi connectivity index (χ1) is 65.8. The van der Waals surface area contributed by atoms with Crippen LogP contribution in [0.25, 0.3) is 21.8 Å². The first-order valence-electron chi connectivity index (χ1n) is 46.3. The molecule has 2 unspecified atom stereocenters. The predicted octanol–water partition coefficient (Wildman–Crippen LogP) is -2.45. The number of para-hydroxylation sites is 2. The van der Waals surface area contributed by atoms with E-state index in [0.717, 1.165) is 36.3 Å². The molecule has 6 heterocycles. The smallest absolute Gasteiger partial charge is 0.247 e. The molecule has 3 aromatic heterocycles. The molecule has 6 aromatic rings. The van der Waals surface area contributed by atoms with Crippen LogP contribution in [0.5, 0.6) is 0 Å². The number of carbonyl (C=O) groups excluding carboxylic acids is 17. The van der Waals surface area contributed by atoms with Crippen LogP contribution in [0.2, 0.25) is 0 Å². The number of hydrogen-bond acceptors (Lipinski definition) is 23. The minimum Gasteiger partial charge on any atom is -0.394 e. The molecule has 0 bridgehead atoms. The first kappa shape index (κ1) is 106. The van der Waals surface area contributed by atoms with Gasteiger partial charge in [-0.1, -0.05) is 102 Å². The summed E-state index contributed by atoms with van der Waals surface area (Å²) in [7, 11) is 3.91. The molecule has 10 rings (SSSR count). The highest BCUT2D eigenvalue weighted by molar-refractivity contribution is 8.00. The van der Waals surface area contributed by atoms with Crippen LogP contribution < -0.4 is 75.7 Å². The number of hydrogen-bond donors (Lipinski definition) is 20. The summed E-state index contributed by atoms with van der Waals surface area (Å²) in [4.78, 5) is 271. The fourth-order valence-corrected chi connectivity index (χ4v) is 18.5. The fraction of sp³-hybridized carbons (Fsp3) is 0.527. The van der Waals surface area contributed by atoms with Crippen molar-refractivity contribution in [3.63, 3.8) is 0 Å². The van der Waals surface area contributed by atoms with Crippen LogP contribution >= 0.6 is 11.8 Å². The maximum Gasteiger partial charge on any atom is 0.247 e. The topological polar surface area (TPSA) is 665 Å². The Balaban J connectivity index is 1.03. The van der Waals surface area contributed by atoms with Crippen molar-refractivity contribution in [1.29, 1.82) is 10.7 Å². The molecule has 0 radical (unpaired) electrons.